The van der Waals surface area contributed by atoms with Crippen LogP contribution < -0.4 is 0 Å². The molecule has 2 aliphatic rings. The highest BCUT2D eigenvalue weighted by atomic mass is 16.7. The molecule has 0 amide bonds. The zero-order chi connectivity index (χ0) is 36.8. The Kier molecular flexibility index (Phi) is 13.5. The number of carbonyl (C=O) groups excluding carboxylic acids is 4. The number of allylic oxidation sites excluding steroid dienone is 1. The summed E-state index contributed by atoms with van der Waals surface area (Å²) < 4.78 is 30.9. The van der Waals surface area contributed by atoms with Gasteiger partial charge >= 0.3 is 11.9 Å². The molecule has 11 heteroatoms. The predicted molar refractivity (Wildman–Crippen MR) is 182 cm³/mol. The van der Waals surface area contributed by atoms with Crippen LogP contribution in [0, 0.1) is 30.1 Å². The standard InChI is InChI=1S/C38H53NO10/c1-12-29-38(44,13-2)21-23(4)30(40)22(3)20-37(8,45-11)33(25(6)31(41)26(7)34(42)47-29)49-36-32(28(39(9)10)19-24(5)46-36)48-35(43)27-17-15-14-16-18-27/h2,14-18,21-22,24-26,28-29,32-33,36,44H,12,19-20H2,1,3-11H3/t22-,24-,25+,26-,28+,29-,32-,33-,36?,37+,38+/m1/s1. The Morgan fingerprint density at radius 1 is 1.12 bits per heavy atom. The summed E-state index contributed by atoms with van der Waals surface area (Å²) in [5, 5.41) is 11.3. The van der Waals surface area contributed by atoms with Gasteiger partial charge in [-0.25, -0.2) is 4.79 Å². The maximum atomic E-state index is 14.1. The van der Waals surface area contributed by atoms with Crippen molar-refractivity contribution in [3.63, 3.8) is 0 Å². The van der Waals surface area contributed by atoms with Gasteiger partial charge in [0.25, 0.3) is 0 Å². The Labute approximate surface area is 290 Å². The molecule has 270 valence electrons. The molecule has 0 spiro atoms. The Bertz CT molecular complexity index is 1420. The monoisotopic (exact) mass is 683 g/mol. The molecule has 3 rings (SSSR count). The van der Waals surface area contributed by atoms with E-state index < -0.39 is 71.3 Å². The van der Waals surface area contributed by atoms with Crippen LogP contribution >= 0.6 is 0 Å². The lowest BCUT2D eigenvalue weighted by atomic mass is 9.77. The van der Waals surface area contributed by atoms with Crippen molar-refractivity contribution in [1.82, 2.24) is 4.90 Å². The van der Waals surface area contributed by atoms with Gasteiger partial charge in [0.2, 0.25) is 0 Å². The number of carbonyl (C=O) groups is 4. The molecule has 0 aliphatic carbocycles. The zero-order valence-electron chi connectivity index (χ0n) is 30.4. The van der Waals surface area contributed by atoms with Gasteiger partial charge in [-0.2, -0.15) is 0 Å². The first-order valence-corrected chi connectivity index (χ1v) is 16.9. The molecule has 0 aromatic heterocycles. The van der Waals surface area contributed by atoms with Crippen molar-refractivity contribution in [1.29, 1.82) is 0 Å². The average molecular weight is 684 g/mol. The van der Waals surface area contributed by atoms with Crippen LogP contribution in [0.1, 0.15) is 78.1 Å². The van der Waals surface area contributed by atoms with Gasteiger partial charge in [0, 0.05) is 18.9 Å². The van der Waals surface area contributed by atoms with Crippen LogP contribution in [-0.4, -0.2) is 103 Å². The molecule has 11 nitrogen and oxygen atoms in total. The van der Waals surface area contributed by atoms with Crippen LogP contribution in [0.4, 0.5) is 0 Å². The number of methoxy groups -OCH3 is 1. The summed E-state index contributed by atoms with van der Waals surface area (Å²) in [4.78, 5) is 56.6. The molecule has 1 unspecified atom stereocenters. The molecule has 0 saturated carbocycles. The lowest BCUT2D eigenvalue weighted by Crippen LogP contribution is -2.60. The number of hydrogen-bond donors (Lipinski definition) is 1. The second-order valence-corrected chi connectivity index (χ2v) is 13.9. The SMILES string of the molecule is C#C[C@]1(O)C=C(C)C(=O)[C@H](C)C[C@](C)(OC)[C@H](OC2O[C@H](C)C[C@H](N(C)C)[C@H]2OC(=O)c2ccccc2)[C@@H](C)C(=O)[C@@H](C)C(=O)O[C@@H]1CC. The van der Waals surface area contributed by atoms with Gasteiger partial charge < -0.3 is 33.7 Å². The van der Waals surface area contributed by atoms with Crippen molar-refractivity contribution in [2.45, 2.75) is 116 Å². The Morgan fingerprint density at radius 2 is 1.76 bits per heavy atom. The Morgan fingerprint density at radius 3 is 2.31 bits per heavy atom. The van der Waals surface area contributed by atoms with Gasteiger partial charge in [-0.05, 0) is 84.8 Å². The molecule has 0 radical (unpaired) electrons. The van der Waals surface area contributed by atoms with Crippen molar-refractivity contribution in [2.75, 3.05) is 21.2 Å². The maximum Gasteiger partial charge on any atom is 0.338 e. The third-order valence-corrected chi connectivity index (χ3v) is 9.87. The molecule has 2 aliphatic heterocycles. The van der Waals surface area contributed by atoms with E-state index in [0.717, 1.165) is 0 Å². The third-order valence-electron chi connectivity index (χ3n) is 9.87. The molecule has 49 heavy (non-hydrogen) atoms. The van der Waals surface area contributed by atoms with Crippen molar-refractivity contribution < 1.29 is 48.0 Å². The maximum absolute atomic E-state index is 14.1. The molecular formula is C38H53NO10. The number of ketones is 2. The number of esters is 2. The molecule has 0 bridgehead atoms. The lowest BCUT2D eigenvalue weighted by molar-refractivity contribution is -0.294. The number of Topliss-reactive ketones (excluding diaryl/α,β-unsaturated/α-hetero) is 2. The number of benzene rings is 1. The minimum absolute atomic E-state index is 0.0775. The van der Waals surface area contributed by atoms with Crippen LogP contribution in [0.3, 0.4) is 0 Å². The highest BCUT2D eigenvalue weighted by Crippen LogP contribution is 2.38. The van der Waals surface area contributed by atoms with Gasteiger partial charge in [0.15, 0.2) is 29.6 Å². The highest BCUT2D eigenvalue weighted by molar-refractivity contribution is 6.00. The Balaban J connectivity index is 2.14. The first-order chi connectivity index (χ1) is 22.9. The van der Waals surface area contributed by atoms with Gasteiger partial charge in [-0.3, -0.25) is 14.4 Å². The number of aliphatic hydroxyl groups is 1. The van der Waals surface area contributed by atoms with Crippen LogP contribution in [0.15, 0.2) is 42.0 Å². The summed E-state index contributed by atoms with van der Waals surface area (Å²) >= 11 is 0. The van der Waals surface area contributed by atoms with E-state index in [0.29, 0.717) is 12.0 Å². The summed E-state index contributed by atoms with van der Waals surface area (Å²) in [6.45, 7) is 11.6. The van der Waals surface area contributed by atoms with Crippen LogP contribution in [0.2, 0.25) is 0 Å². The van der Waals surface area contributed by atoms with E-state index in [4.69, 9.17) is 30.1 Å². The quantitative estimate of drug-likeness (QED) is 0.252. The lowest BCUT2D eigenvalue weighted by Gasteiger charge is -2.47. The number of hydrogen-bond acceptors (Lipinski definition) is 11. The zero-order valence-corrected chi connectivity index (χ0v) is 30.4. The van der Waals surface area contributed by atoms with E-state index in [1.807, 2.05) is 25.9 Å². The number of ether oxygens (including phenoxy) is 5. The number of rotatable bonds is 7. The Hall–Kier alpha value is -3.40. The molecule has 1 N–H and O–H groups in total. The molecule has 1 saturated heterocycles. The minimum atomic E-state index is -2.08. The van der Waals surface area contributed by atoms with Gasteiger partial charge in [0.1, 0.15) is 12.0 Å². The van der Waals surface area contributed by atoms with E-state index in [2.05, 4.69) is 5.92 Å². The van der Waals surface area contributed by atoms with E-state index in [1.165, 1.54) is 20.1 Å². The number of likely N-dealkylation sites (N-methyl/N-ethyl adjacent to an activating group) is 1. The second kappa shape index (κ2) is 16.5. The smallest absolute Gasteiger partial charge is 0.338 e. The molecule has 1 aromatic rings. The van der Waals surface area contributed by atoms with Crippen molar-refractivity contribution in [3.8, 4) is 12.3 Å². The number of nitrogens with zero attached hydrogens (tertiary/aromatic N) is 1. The number of terminal acetylenes is 1. The summed E-state index contributed by atoms with van der Waals surface area (Å²) in [6.07, 6.45) is 2.97. The number of cyclic esters (lactones) is 1. The van der Waals surface area contributed by atoms with Crippen molar-refractivity contribution in [2.24, 2.45) is 17.8 Å². The van der Waals surface area contributed by atoms with Crippen LogP contribution in [0.25, 0.3) is 0 Å². The third kappa shape index (κ3) is 9.04. The summed E-state index contributed by atoms with van der Waals surface area (Å²) in [5.41, 5.74) is -2.86. The summed E-state index contributed by atoms with van der Waals surface area (Å²) in [7, 11) is 5.20. The van der Waals surface area contributed by atoms with E-state index in [-0.39, 0.29) is 36.3 Å². The summed E-state index contributed by atoms with van der Waals surface area (Å²) in [5.74, 6) is -3.01. The molecular weight excluding hydrogens is 630 g/mol. The van der Waals surface area contributed by atoms with Crippen molar-refractivity contribution >= 4 is 23.5 Å². The first kappa shape index (κ1) is 40.0. The van der Waals surface area contributed by atoms with Gasteiger partial charge in [-0.15, -0.1) is 6.42 Å². The van der Waals surface area contributed by atoms with Gasteiger partial charge in [-0.1, -0.05) is 44.9 Å². The summed E-state index contributed by atoms with van der Waals surface area (Å²) in [6, 6.07) is 8.26. The second-order valence-electron chi connectivity index (χ2n) is 13.9. The largest absolute Gasteiger partial charge is 0.457 e. The molecule has 11 atom stereocenters. The van der Waals surface area contributed by atoms with Crippen molar-refractivity contribution in [3.05, 3.63) is 47.5 Å². The fourth-order valence-corrected chi connectivity index (χ4v) is 6.89. The normalized spacial score (nSPS) is 36.7. The molecule has 1 fully saturated rings. The topological polar surface area (TPSA) is 138 Å². The van der Waals surface area contributed by atoms with E-state index >= 15 is 0 Å². The van der Waals surface area contributed by atoms with Crippen LogP contribution in [0.5, 0.6) is 0 Å². The van der Waals surface area contributed by atoms with Gasteiger partial charge in [0.05, 0.1) is 29.4 Å². The molecule has 2 heterocycles. The molecule has 1 aromatic carbocycles. The van der Waals surface area contributed by atoms with E-state index in [9.17, 15) is 24.3 Å². The first-order valence-electron chi connectivity index (χ1n) is 16.9. The average Bonchev–Trinajstić information content (AvgIpc) is 3.08. The minimum Gasteiger partial charge on any atom is -0.457 e. The fourth-order valence-electron chi connectivity index (χ4n) is 6.89. The highest BCUT2D eigenvalue weighted by Gasteiger charge is 2.51. The predicted octanol–water partition coefficient (Wildman–Crippen LogP) is 4.15. The van der Waals surface area contributed by atoms with Crippen LogP contribution in [-0.2, 0) is 38.1 Å². The van der Waals surface area contributed by atoms with E-state index in [1.54, 1.807) is 65.0 Å². The fraction of sp³-hybridized carbons (Fsp3) is 0.632.